The summed E-state index contributed by atoms with van der Waals surface area (Å²) < 4.78 is 11.7. The largest absolute Gasteiger partial charge is 0.508 e. The van der Waals surface area contributed by atoms with Gasteiger partial charge in [-0.15, -0.1) is 0 Å². The first kappa shape index (κ1) is 26.0. The van der Waals surface area contributed by atoms with Gasteiger partial charge in [-0.1, -0.05) is 30.3 Å². The lowest BCUT2D eigenvalue weighted by Crippen LogP contribution is -2.47. The maximum atomic E-state index is 10.1. The number of methoxy groups -OCH3 is 1. The predicted octanol–water partition coefficient (Wildman–Crippen LogP) is 5.17. The standard InChI is InChI=1S/C33H41N3O3/c1-34-16-18-35(19-17-34)22-24-12-14-36(15-13-24)27-8-6-25(7-9-27)33-30-11-10-28(37)21-32(30)39-23-31(33)26-4-3-5-29(20-26)38-2/h3-11,20-21,24,31,33,37H,12-19,22-23H2,1-2H3. The first-order valence-electron chi connectivity index (χ1n) is 14.4. The van der Waals surface area contributed by atoms with Crippen LogP contribution in [0.3, 0.4) is 0 Å². The molecule has 3 heterocycles. The van der Waals surface area contributed by atoms with Gasteiger partial charge in [0.25, 0.3) is 0 Å². The maximum absolute atomic E-state index is 10.1. The quantitative estimate of drug-likeness (QED) is 0.477. The minimum absolute atomic E-state index is 0.129. The molecule has 0 radical (unpaired) electrons. The van der Waals surface area contributed by atoms with Crippen LogP contribution < -0.4 is 14.4 Å². The Kier molecular flexibility index (Phi) is 7.67. The number of hydrogen-bond donors (Lipinski definition) is 1. The molecule has 0 spiro atoms. The van der Waals surface area contributed by atoms with E-state index in [0.717, 1.165) is 36.1 Å². The number of likely N-dealkylation sites (N-methyl/N-ethyl adjacent to an activating group) is 1. The molecule has 2 fully saturated rings. The molecular formula is C33H41N3O3. The molecule has 206 valence electrons. The summed E-state index contributed by atoms with van der Waals surface area (Å²) in [6, 6.07) is 23.0. The number of anilines is 1. The van der Waals surface area contributed by atoms with Crippen LogP contribution in [0.5, 0.6) is 17.2 Å². The Labute approximate surface area is 232 Å². The van der Waals surface area contributed by atoms with Crippen LogP contribution in [-0.2, 0) is 0 Å². The second-order valence-corrected chi connectivity index (χ2v) is 11.5. The molecule has 6 rings (SSSR count). The molecule has 0 bridgehead atoms. The molecular weight excluding hydrogens is 486 g/mol. The van der Waals surface area contributed by atoms with Crippen molar-refractivity contribution >= 4 is 5.69 Å². The number of phenols is 1. The van der Waals surface area contributed by atoms with Gasteiger partial charge in [-0.2, -0.15) is 0 Å². The average Bonchev–Trinajstić information content (AvgIpc) is 2.98. The van der Waals surface area contributed by atoms with Crippen molar-refractivity contribution < 1.29 is 14.6 Å². The Hall–Kier alpha value is -3.22. The fourth-order valence-electron chi connectivity index (χ4n) is 6.63. The molecule has 0 aliphatic carbocycles. The highest BCUT2D eigenvalue weighted by atomic mass is 16.5. The van der Waals surface area contributed by atoms with Crippen LogP contribution >= 0.6 is 0 Å². The fourth-order valence-corrected chi connectivity index (χ4v) is 6.63. The minimum atomic E-state index is 0.129. The van der Waals surface area contributed by atoms with E-state index in [4.69, 9.17) is 9.47 Å². The number of benzene rings is 3. The Balaban J connectivity index is 1.18. The maximum Gasteiger partial charge on any atom is 0.126 e. The van der Waals surface area contributed by atoms with Gasteiger partial charge in [-0.3, -0.25) is 0 Å². The molecule has 39 heavy (non-hydrogen) atoms. The summed E-state index contributed by atoms with van der Waals surface area (Å²) >= 11 is 0. The molecule has 0 amide bonds. The monoisotopic (exact) mass is 527 g/mol. The SMILES string of the molecule is COc1cccc(C2COc3cc(O)ccc3C2c2ccc(N3CCC(CN4CCN(C)CC4)CC3)cc2)c1. The van der Waals surface area contributed by atoms with Crippen LogP contribution in [0.15, 0.2) is 66.7 Å². The first-order chi connectivity index (χ1) is 19.1. The van der Waals surface area contributed by atoms with Gasteiger partial charge >= 0.3 is 0 Å². The summed E-state index contributed by atoms with van der Waals surface area (Å²) in [5.41, 5.74) is 4.90. The van der Waals surface area contributed by atoms with Gasteiger partial charge in [-0.05, 0) is 67.3 Å². The minimum Gasteiger partial charge on any atom is -0.508 e. The molecule has 3 aromatic rings. The molecule has 2 saturated heterocycles. The summed E-state index contributed by atoms with van der Waals surface area (Å²) in [4.78, 5) is 7.66. The molecule has 2 unspecified atom stereocenters. The predicted molar refractivity (Wildman–Crippen MR) is 156 cm³/mol. The highest BCUT2D eigenvalue weighted by Crippen LogP contribution is 2.47. The Morgan fingerprint density at radius 2 is 1.64 bits per heavy atom. The van der Waals surface area contributed by atoms with E-state index in [-0.39, 0.29) is 17.6 Å². The van der Waals surface area contributed by atoms with Crippen LogP contribution in [0.2, 0.25) is 0 Å². The number of aromatic hydroxyl groups is 1. The van der Waals surface area contributed by atoms with Crippen LogP contribution in [0.4, 0.5) is 5.69 Å². The van der Waals surface area contributed by atoms with Crippen molar-refractivity contribution in [3.8, 4) is 17.2 Å². The van der Waals surface area contributed by atoms with Crippen molar-refractivity contribution in [2.75, 3.05) is 71.5 Å². The third-order valence-electron chi connectivity index (χ3n) is 9.02. The van der Waals surface area contributed by atoms with Crippen molar-refractivity contribution in [3.63, 3.8) is 0 Å². The molecule has 6 heteroatoms. The van der Waals surface area contributed by atoms with Crippen molar-refractivity contribution in [1.82, 2.24) is 9.80 Å². The molecule has 3 aromatic carbocycles. The van der Waals surface area contributed by atoms with E-state index in [2.05, 4.69) is 58.1 Å². The zero-order chi connectivity index (χ0) is 26.8. The van der Waals surface area contributed by atoms with E-state index in [1.165, 1.54) is 62.4 Å². The third-order valence-corrected chi connectivity index (χ3v) is 9.02. The van der Waals surface area contributed by atoms with E-state index in [9.17, 15) is 5.11 Å². The van der Waals surface area contributed by atoms with Crippen LogP contribution in [-0.4, -0.2) is 81.5 Å². The van der Waals surface area contributed by atoms with Crippen LogP contribution in [0.25, 0.3) is 0 Å². The van der Waals surface area contributed by atoms with Gasteiger partial charge in [-0.25, -0.2) is 0 Å². The van der Waals surface area contributed by atoms with Gasteiger partial charge in [0.05, 0.1) is 13.7 Å². The van der Waals surface area contributed by atoms with Crippen molar-refractivity contribution in [2.24, 2.45) is 5.92 Å². The number of ether oxygens (including phenoxy) is 2. The van der Waals surface area contributed by atoms with E-state index in [0.29, 0.717) is 6.61 Å². The molecule has 0 aromatic heterocycles. The van der Waals surface area contributed by atoms with E-state index in [1.807, 2.05) is 18.2 Å². The van der Waals surface area contributed by atoms with Crippen LogP contribution in [0.1, 0.15) is 41.4 Å². The normalized spacial score (nSPS) is 22.8. The number of piperidine rings is 1. The zero-order valence-electron chi connectivity index (χ0n) is 23.3. The lowest BCUT2D eigenvalue weighted by atomic mass is 9.76. The molecule has 1 N–H and O–H groups in total. The smallest absolute Gasteiger partial charge is 0.126 e. The van der Waals surface area contributed by atoms with Crippen molar-refractivity contribution in [2.45, 2.75) is 24.7 Å². The summed E-state index contributed by atoms with van der Waals surface area (Å²) in [7, 11) is 3.94. The summed E-state index contributed by atoms with van der Waals surface area (Å²) in [6.45, 7) is 8.88. The van der Waals surface area contributed by atoms with Gasteiger partial charge in [0, 0.05) is 75.0 Å². The molecule has 2 atom stereocenters. The van der Waals surface area contributed by atoms with E-state index < -0.39 is 0 Å². The van der Waals surface area contributed by atoms with E-state index in [1.54, 1.807) is 19.2 Å². The number of phenolic OH excluding ortho intramolecular Hbond substituents is 1. The fraction of sp³-hybridized carbons (Fsp3) is 0.455. The van der Waals surface area contributed by atoms with Crippen molar-refractivity contribution in [3.05, 3.63) is 83.4 Å². The second-order valence-electron chi connectivity index (χ2n) is 11.5. The summed E-state index contributed by atoms with van der Waals surface area (Å²) in [5.74, 6) is 2.94. The highest BCUT2D eigenvalue weighted by Gasteiger charge is 2.34. The third kappa shape index (κ3) is 5.73. The molecule has 6 nitrogen and oxygen atoms in total. The van der Waals surface area contributed by atoms with Gasteiger partial charge in [0.1, 0.15) is 17.2 Å². The first-order valence-corrected chi connectivity index (χ1v) is 14.4. The number of piperazine rings is 1. The topological polar surface area (TPSA) is 48.4 Å². The van der Waals surface area contributed by atoms with Gasteiger partial charge < -0.3 is 29.3 Å². The number of fused-ring (bicyclic) bond motifs is 1. The van der Waals surface area contributed by atoms with Crippen molar-refractivity contribution in [1.29, 1.82) is 0 Å². The number of nitrogens with zero attached hydrogens (tertiary/aromatic N) is 3. The average molecular weight is 528 g/mol. The van der Waals surface area contributed by atoms with Gasteiger partial charge in [0.2, 0.25) is 0 Å². The Morgan fingerprint density at radius 3 is 2.38 bits per heavy atom. The molecule has 3 aliphatic rings. The Morgan fingerprint density at radius 1 is 0.872 bits per heavy atom. The lowest BCUT2D eigenvalue weighted by molar-refractivity contribution is 0.129. The summed E-state index contributed by atoms with van der Waals surface area (Å²) in [6.07, 6.45) is 2.53. The number of hydrogen-bond acceptors (Lipinski definition) is 6. The lowest BCUT2D eigenvalue weighted by Gasteiger charge is -2.39. The Bertz CT molecular complexity index is 1250. The second kappa shape index (κ2) is 11.5. The van der Waals surface area contributed by atoms with Crippen LogP contribution in [0, 0.1) is 5.92 Å². The van der Waals surface area contributed by atoms with E-state index >= 15 is 0 Å². The molecule has 3 aliphatic heterocycles. The summed E-state index contributed by atoms with van der Waals surface area (Å²) in [5, 5.41) is 10.1. The highest BCUT2D eigenvalue weighted by molar-refractivity contribution is 5.54. The molecule has 0 saturated carbocycles. The number of rotatable bonds is 6. The van der Waals surface area contributed by atoms with Gasteiger partial charge in [0.15, 0.2) is 0 Å². The zero-order valence-corrected chi connectivity index (χ0v) is 23.3.